The lowest BCUT2D eigenvalue weighted by Gasteiger charge is -2.30. The number of aryl methyl sites for hydroxylation is 1. The highest BCUT2D eigenvalue weighted by Crippen LogP contribution is 2.29. The second-order valence-electron chi connectivity index (χ2n) is 5.56. The highest BCUT2D eigenvalue weighted by molar-refractivity contribution is 5.82. The Labute approximate surface area is 141 Å². The quantitative estimate of drug-likeness (QED) is 0.834. The molecule has 24 heavy (non-hydrogen) atoms. The molecular weight excluding hydrogens is 306 g/mol. The summed E-state index contributed by atoms with van der Waals surface area (Å²) in [5.74, 6) is 0.493. The molecule has 0 aliphatic carbocycles. The highest BCUT2D eigenvalue weighted by atomic mass is 16.5. The van der Waals surface area contributed by atoms with Crippen LogP contribution in [0.25, 0.3) is 0 Å². The summed E-state index contributed by atoms with van der Waals surface area (Å²) in [7, 11) is 0. The molecule has 0 saturated carbocycles. The monoisotopic (exact) mass is 327 g/mol. The van der Waals surface area contributed by atoms with E-state index in [1.165, 1.54) is 0 Å². The van der Waals surface area contributed by atoms with Crippen molar-refractivity contribution in [2.75, 3.05) is 18.5 Å². The number of nitrogens with one attached hydrogen (secondary N) is 1. The van der Waals surface area contributed by atoms with E-state index < -0.39 is 5.54 Å². The van der Waals surface area contributed by atoms with E-state index in [2.05, 4.69) is 20.3 Å². The summed E-state index contributed by atoms with van der Waals surface area (Å²) in [6.45, 7) is 4.73. The molecule has 0 radical (unpaired) electrons. The van der Waals surface area contributed by atoms with Gasteiger partial charge in [-0.25, -0.2) is 0 Å². The second-order valence-corrected chi connectivity index (χ2v) is 5.56. The molecule has 3 rings (SSSR count). The molecule has 1 aromatic carbocycles. The zero-order chi connectivity index (χ0) is 17.4. The number of nitrogens with two attached hydrogens (primary N) is 1. The van der Waals surface area contributed by atoms with E-state index in [1.807, 2.05) is 38.1 Å². The van der Waals surface area contributed by atoms with Crippen molar-refractivity contribution < 1.29 is 9.53 Å². The van der Waals surface area contributed by atoms with Gasteiger partial charge in [-0.1, -0.05) is 12.1 Å². The van der Waals surface area contributed by atoms with Gasteiger partial charge in [-0.05, 0) is 31.5 Å². The van der Waals surface area contributed by atoms with Crippen molar-refractivity contribution in [3.05, 3.63) is 54.1 Å². The van der Waals surface area contributed by atoms with Crippen molar-refractivity contribution in [2.24, 2.45) is 10.7 Å². The Kier molecular flexibility index (Phi) is 5.97. The van der Waals surface area contributed by atoms with Gasteiger partial charge in [0.05, 0.1) is 12.3 Å². The number of aromatic nitrogens is 2. The van der Waals surface area contributed by atoms with E-state index in [-0.39, 0.29) is 0 Å². The van der Waals surface area contributed by atoms with Crippen LogP contribution in [0.5, 0.6) is 0 Å². The smallest absolute Gasteiger partial charge is 0.211 e. The number of carbonyl (C=O) groups excluding carboxylic acids is 1. The molecule has 1 amide bonds. The molecule has 1 aliphatic heterocycles. The molecule has 0 bridgehead atoms. The predicted octanol–water partition coefficient (Wildman–Crippen LogP) is 1.64. The Bertz CT molecular complexity index is 705. The minimum Gasteiger partial charge on any atom is -0.386 e. The highest BCUT2D eigenvalue weighted by Gasteiger charge is 2.29. The Hall–Kier alpha value is -2.80. The van der Waals surface area contributed by atoms with Gasteiger partial charge in [-0.15, -0.1) is 0 Å². The van der Waals surface area contributed by atoms with Crippen LogP contribution in [-0.4, -0.2) is 35.4 Å². The summed E-state index contributed by atoms with van der Waals surface area (Å²) in [5.41, 5.74) is 7.87. The van der Waals surface area contributed by atoms with Crippen LogP contribution in [0.15, 0.2) is 47.8 Å². The van der Waals surface area contributed by atoms with Gasteiger partial charge >= 0.3 is 0 Å². The van der Waals surface area contributed by atoms with E-state index in [9.17, 15) is 4.79 Å². The molecule has 2 heterocycles. The van der Waals surface area contributed by atoms with Crippen molar-refractivity contribution in [2.45, 2.75) is 19.4 Å². The number of hydrogen-bond donors (Lipinski definition) is 2. The number of hydrogen-bond acceptors (Lipinski definition) is 6. The Morgan fingerprint density at radius 3 is 2.79 bits per heavy atom. The maximum absolute atomic E-state index is 10.4. The van der Waals surface area contributed by atoms with Crippen molar-refractivity contribution in [1.29, 1.82) is 0 Å². The van der Waals surface area contributed by atoms with Crippen molar-refractivity contribution in [3.8, 4) is 0 Å². The van der Waals surface area contributed by atoms with Crippen LogP contribution < -0.4 is 11.1 Å². The normalized spacial score (nSPS) is 19.5. The lowest BCUT2D eigenvalue weighted by Crippen LogP contribution is -2.37. The Morgan fingerprint density at radius 1 is 1.38 bits per heavy atom. The molecule has 1 atom stereocenters. The average molecular weight is 327 g/mol. The summed E-state index contributed by atoms with van der Waals surface area (Å²) in [4.78, 5) is 22.6. The number of nitrogens with zero attached hydrogens (tertiary/aromatic N) is 3. The molecule has 0 saturated heterocycles. The largest absolute Gasteiger partial charge is 0.386 e. The topological polar surface area (TPSA) is 102 Å². The molecule has 0 fully saturated rings. The molecule has 126 valence electrons. The summed E-state index contributed by atoms with van der Waals surface area (Å²) in [6, 6.07) is 7.51. The van der Waals surface area contributed by atoms with Crippen LogP contribution in [0.2, 0.25) is 0 Å². The standard InChI is InChI=1S/C12H15N3O2.C5H6N2/c1-12(7-17-6-11(13)15-12)9-3-2-4-10(5-9)14-8-16;1-5-4-6-2-3-7-5/h2-5,8H,6-7H2,1H3,(H2,13,15)(H,14,16);2-4H,1H3. The van der Waals surface area contributed by atoms with Gasteiger partial charge in [0.1, 0.15) is 18.0 Å². The molecule has 0 spiro atoms. The number of ether oxygens (including phenoxy) is 1. The van der Waals surface area contributed by atoms with Crippen molar-refractivity contribution in [3.63, 3.8) is 0 Å². The molecule has 2 aromatic rings. The number of amides is 1. The molecule has 1 aromatic heterocycles. The zero-order valence-electron chi connectivity index (χ0n) is 13.8. The summed E-state index contributed by atoms with van der Waals surface area (Å²) in [6.07, 6.45) is 5.71. The van der Waals surface area contributed by atoms with Gasteiger partial charge in [0.15, 0.2) is 0 Å². The third-order valence-electron chi connectivity index (χ3n) is 3.43. The first-order valence-corrected chi connectivity index (χ1v) is 7.49. The van der Waals surface area contributed by atoms with Crippen LogP contribution in [0.3, 0.4) is 0 Å². The first kappa shape index (κ1) is 17.6. The molecule has 3 N–H and O–H groups in total. The SMILES string of the molecule is CC1(c2cccc(NC=O)c2)COCC(N)=N1.Cc1cnccn1. The first-order chi connectivity index (χ1) is 11.5. The Balaban J connectivity index is 0.000000249. The van der Waals surface area contributed by atoms with Gasteiger partial charge in [0.25, 0.3) is 0 Å². The third kappa shape index (κ3) is 4.85. The fourth-order valence-corrected chi connectivity index (χ4v) is 2.27. The lowest BCUT2D eigenvalue weighted by atomic mass is 9.92. The number of carbonyl (C=O) groups is 1. The number of aliphatic imine (C=N–C) groups is 1. The van der Waals surface area contributed by atoms with Gasteiger partial charge in [0, 0.05) is 24.3 Å². The van der Waals surface area contributed by atoms with Gasteiger partial charge in [0.2, 0.25) is 6.41 Å². The van der Waals surface area contributed by atoms with Crippen LogP contribution in [0.1, 0.15) is 18.2 Å². The van der Waals surface area contributed by atoms with Gasteiger partial charge in [-0.3, -0.25) is 19.8 Å². The van der Waals surface area contributed by atoms with Gasteiger partial charge in [-0.2, -0.15) is 0 Å². The van der Waals surface area contributed by atoms with Gasteiger partial charge < -0.3 is 15.8 Å². The maximum atomic E-state index is 10.4. The zero-order valence-corrected chi connectivity index (χ0v) is 13.8. The van der Waals surface area contributed by atoms with Crippen LogP contribution in [0, 0.1) is 6.92 Å². The predicted molar refractivity (Wildman–Crippen MR) is 92.7 cm³/mol. The van der Waals surface area contributed by atoms with Crippen molar-refractivity contribution >= 4 is 17.9 Å². The van der Waals surface area contributed by atoms with E-state index in [4.69, 9.17) is 10.5 Å². The first-order valence-electron chi connectivity index (χ1n) is 7.49. The molecule has 1 aliphatic rings. The van der Waals surface area contributed by atoms with Crippen LogP contribution >= 0.6 is 0 Å². The number of rotatable bonds is 3. The molecule has 1 unspecified atom stereocenters. The van der Waals surface area contributed by atoms with E-state index in [0.29, 0.717) is 25.5 Å². The third-order valence-corrected chi connectivity index (χ3v) is 3.43. The number of amidine groups is 1. The fourth-order valence-electron chi connectivity index (χ4n) is 2.27. The van der Waals surface area contributed by atoms with E-state index >= 15 is 0 Å². The summed E-state index contributed by atoms with van der Waals surface area (Å²) in [5, 5.41) is 2.61. The lowest BCUT2D eigenvalue weighted by molar-refractivity contribution is -0.105. The maximum Gasteiger partial charge on any atom is 0.211 e. The summed E-state index contributed by atoms with van der Waals surface area (Å²) < 4.78 is 5.41. The van der Waals surface area contributed by atoms with E-state index in [0.717, 1.165) is 16.9 Å². The van der Waals surface area contributed by atoms with Crippen molar-refractivity contribution in [1.82, 2.24) is 9.97 Å². The molecular formula is C17H21N5O2. The minimum atomic E-state index is -0.483. The number of anilines is 1. The second kappa shape index (κ2) is 8.16. The fraction of sp³-hybridized carbons (Fsp3) is 0.294. The van der Waals surface area contributed by atoms with E-state index in [1.54, 1.807) is 18.6 Å². The van der Waals surface area contributed by atoms with Crippen LogP contribution in [-0.2, 0) is 15.1 Å². The summed E-state index contributed by atoms with van der Waals surface area (Å²) >= 11 is 0. The average Bonchev–Trinajstić information content (AvgIpc) is 2.57. The molecule has 7 nitrogen and oxygen atoms in total. The minimum absolute atomic E-state index is 0.377. The van der Waals surface area contributed by atoms with Crippen LogP contribution in [0.4, 0.5) is 5.69 Å². The molecule has 7 heteroatoms. The Morgan fingerprint density at radius 2 is 2.21 bits per heavy atom. The number of benzene rings is 1.